The molecule has 0 rings (SSSR count). The highest BCUT2D eigenvalue weighted by molar-refractivity contribution is 5.75. The first kappa shape index (κ1) is 16.7. The zero-order valence-corrected chi connectivity index (χ0v) is 4.29. The molecule has 2 radical (unpaired) electrons. The van der Waals surface area contributed by atoms with Crippen LogP contribution in [0.25, 0.3) is 0 Å². The molecule has 0 atom stereocenters. The topological polar surface area (TPSA) is 93.2 Å². The maximum atomic E-state index is 8.33. The molecular formula is CHMgO4-3. The lowest BCUT2D eigenvalue weighted by Gasteiger charge is -1.96. The third-order valence-corrected chi connectivity index (χ3v) is 0. The van der Waals surface area contributed by atoms with Gasteiger partial charge in [-0.15, -0.1) is 0 Å². The average molecular weight is 101 g/mol. The lowest BCUT2D eigenvalue weighted by molar-refractivity contribution is -0.415. The van der Waals surface area contributed by atoms with Gasteiger partial charge in [-0.1, -0.05) is 0 Å². The molecule has 6 heavy (non-hydrogen) atoms. The Kier molecular flexibility index (Phi) is 24.7. The van der Waals surface area contributed by atoms with E-state index in [0.717, 1.165) is 0 Å². The molecule has 0 saturated heterocycles. The summed E-state index contributed by atoms with van der Waals surface area (Å²) in [6.45, 7) is 0. The van der Waals surface area contributed by atoms with Gasteiger partial charge >= 0.3 is 0 Å². The van der Waals surface area contributed by atoms with Crippen molar-refractivity contribution in [2.45, 2.75) is 0 Å². The maximum Gasteiger partial charge on any atom is 0 e. The highest BCUT2D eigenvalue weighted by Crippen LogP contribution is 1.21. The monoisotopic (exact) mass is 101 g/mol. The minimum atomic E-state index is -2.33. The first-order chi connectivity index (χ1) is 1.73. The first-order valence-corrected chi connectivity index (χ1v) is 0.612. The molecule has 0 fully saturated rings. The molecule has 0 aliphatic rings. The first-order valence-electron chi connectivity index (χ1n) is 0.612. The van der Waals surface area contributed by atoms with Crippen molar-refractivity contribution in [1.29, 1.82) is 0 Å². The lowest BCUT2D eigenvalue weighted by atomic mass is 11.5. The third-order valence-electron chi connectivity index (χ3n) is 0. The van der Waals surface area contributed by atoms with Crippen LogP contribution in [-0.4, -0.2) is 34.7 Å². The van der Waals surface area contributed by atoms with Crippen molar-refractivity contribution in [2.75, 3.05) is 0 Å². The summed E-state index contributed by atoms with van der Waals surface area (Å²) in [7, 11) is 0. The van der Waals surface area contributed by atoms with E-state index in [1.54, 1.807) is 0 Å². The van der Waals surface area contributed by atoms with E-state index in [4.69, 9.17) is 15.0 Å². The molecule has 0 aromatic carbocycles. The molecule has 0 aromatic rings. The number of carbonyl (C=O) groups excluding carboxylic acids is 1. The van der Waals surface area contributed by atoms with Crippen molar-refractivity contribution in [3.63, 3.8) is 0 Å². The Bertz CT molecular complexity index is 30.5. The highest BCUT2D eigenvalue weighted by Gasteiger charge is 1.26. The predicted octanol–water partition coefficient (Wildman–Crippen LogP) is -3.00. The number of hydrogen-bond acceptors (Lipinski definition) is 4. The SMILES string of the molecule is O=C([O-])[O-].[Mg].[OH-]. The number of hydrogen-bond donors (Lipinski definition) is 0. The van der Waals surface area contributed by atoms with Crippen LogP contribution in [0.2, 0.25) is 0 Å². The van der Waals surface area contributed by atoms with Gasteiger partial charge in [0.25, 0.3) is 0 Å². The summed E-state index contributed by atoms with van der Waals surface area (Å²) in [5, 5.41) is 16.7. The Morgan fingerprint density at radius 3 is 1.33 bits per heavy atom. The Hall–Kier alpha value is -0.00377. The summed E-state index contributed by atoms with van der Waals surface area (Å²) in [6.07, 6.45) is -2.33. The second-order valence-corrected chi connectivity index (χ2v) is 0.250. The van der Waals surface area contributed by atoms with Gasteiger partial charge < -0.3 is 20.5 Å². The van der Waals surface area contributed by atoms with Crippen molar-refractivity contribution >= 4 is 29.2 Å². The van der Waals surface area contributed by atoms with E-state index in [-0.39, 0.29) is 28.5 Å². The van der Waals surface area contributed by atoms with E-state index in [1.165, 1.54) is 0 Å². The molecule has 0 aliphatic carbocycles. The number of carboxylic acid groups (broad SMARTS) is 2. The highest BCUT2D eigenvalue weighted by atomic mass is 24.3. The molecule has 0 unspecified atom stereocenters. The second-order valence-electron chi connectivity index (χ2n) is 0.250. The fraction of sp³-hybridized carbons (Fsp3) is 0. The lowest BCUT2D eigenvalue weighted by Crippen LogP contribution is -2.37. The van der Waals surface area contributed by atoms with Crippen molar-refractivity contribution in [3.8, 4) is 0 Å². The summed E-state index contributed by atoms with van der Waals surface area (Å²) < 4.78 is 0. The smallest absolute Gasteiger partial charge is 0 e. The summed E-state index contributed by atoms with van der Waals surface area (Å²) in [5.74, 6) is 0. The predicted molar refractivity (Wildman–Crippen MR) is 13.1 cm³/mol. The van der Waals surface area contributed by atoms with Gasteiger partial charge in [0.15, 0.2) is 0 Å². The van der Waals surface area contributed by atoms with Crippen molar-refractivity contribution in [2.24, 2.45) is 0 Å². The van der Waals surface area contributed by atoms with Crippen LogP contribution < -0.4 is 10.2 Å². The molecular weight excluding hydrogens is 100 g/mol. The van der Waals surface area contributed by atoms with Crippen LogP contribution in [0.1, 0.15) is 0 Å². The minimum absolute atomic E-state index is 0. The summed E-state index contributed by atoms with van der Waals surface area (Å²) >= 11 is 0. The van der Waals surface area contributed by atoms with Crippen molar-refractivity contribution in [1.82, 2.24) is 0 Å². The molecule has 0 bridgehead atoms. The van der Waals surface area contributed by atoms with Gasteiger partial charge in [0.2, 0.25) is 0 Å². The fourth-order valence-corrected chi connectivity index (χ4v) is 0. The van der Waals surface area contributed by atoms with Gasteiger partial charge in [0.05, 0.1) is 0 Å². The zero-order chi connectivity index (χ0) is 3.58. The largest absolute Gasteiger partial charge is 0.870 e. The Morgan fingerprint density at radius 1 is 1.33 bits per heavy atom. The summed E-state index contributed by atoms with van der Waals surface area (Å²) in [5.41, 5.74) is 0. The van der Waals surface area contributed by atoms with E-state index in [2.05, 4.69) is 0 Å². The average Bonchev–Trinajstić information content (AvgIpc) is 0.811. The van der Waals surface area contributed by atoms with E-state index in [0.29, 0.717) is 0 Å². The van der Waals surface area contributed by atoms with Gasteiger partial charge in [-0.3, -0.25) is 0 Å². The van der Waals surface area contributed by atoms with Gasteiger partial charge in [-0.2, -0.15) is 0 Å². The molecule has 0 aromatic heterocycles. The molecule has 0 amide bonds. The van der Waals surface area contributed by atoms with Gasteiger partial charge in [-0.05, 0) is 6.16 Å². The Morgan fingerprint density at radius 2 is 1.33 bits per heavy atom. The molecule has 5 heteroatoms. The maximum absolute atomic E-state index is 8.33. The molecule has 4 nitrogen and oxygen atoms in total. The van der Waals surface area contributed by atoms with Crippen LogP contribution in [-0.2, 0) is 0 Å². The van der Waals surface area contributed by atoms with Crippen LogP contribution in [0.4, 0.5) is 4.79 Å². The van der Waals surface area contributed by atoms with Gasteiger partial charge in [0.1, 0.15) is 0 Å². The van der Waals surface area contributed by atoms with Crippen molar-refractivity contribution < 1.29 is 20.5 Å². The van der Waals surface area contributed by atoms with Crippen LogP contribution in [0, 0.1) is 0 Å². The molecule has 1 N–H and O–H groups in total. The summed E-state index contributed by atoms with van der Waals surface area (Å²) in [6, 6.07) is 0. The molecule has 34 valence electrons. The van der Waals surface area contributed by atoms with Gasteiger partial charge in [-0.25, -0.2) is 0 Å². The van der Waals surface area contributed by atoms with Crippen LogP contribution in [0.5, 0.6) is 0 Å². The molecule has 0 aliphatic heterocycles. The van der Waals surface area contributed by atoms with Crippen LogP contribution >= 0.6 is 0 Å². The number of rotatable bonds is 0. The standard InChI is InChI=1S/CH2O3.Mg.H2O/c2-1(3)4;;/h(H2,2,3,4);;1H2/p-3. The van der Waals surface area contributed by atoms with E-state index >= 15 is 0 Å². The quantitative estimate of drug-likeness (QED) is 0.304. The normalized spacial score (nSPS) is 4.00. The fourth-order valence-electron chi connectivity index (χ4n) is 0. The van der Waals surface area contributed by atoms with Crippen LogP contribution in [0.15, 0.2) is 0 Å². The van der Waals surface area contributed by atoms with E-state index < -0.39 is 6.16 Å². The van der Waals surface area contributed by atoms with E-state index in [9.17, 15) is 0 Å². The molecule has 0 spiro atoms. The Balaban J connectivity index is -0.0000000450. The van der Waals surface area contributed by atoms with E-state index in [1.807, 2.05) is 0 Å². The molecule has 0 heterocycles. The summed E-state index contributed by atoms with van der Waals surface area (Å²) in [4.78, 5) is 8.33. The van der Waals surface area contributed by atoms with Crippen molar-refractivity contribution in [3.05, 3.63) is 0 Å². The zero-order valence-electron chi connectivity index (χ0n) is 2.88. The molecule has 0 saturated carbocycles. The van der Waals surface area contributed by atoms with Gasteiger partial charge in [0, 0.05) is 23.1 Å². The van der Waals surface area contributed by atoms with Crippen LogP contribution in [0.3, 0.4) is 0 Å². The Labute approximate surface area is 50.2 Å². The number of carbonyl (C=O) groups is 1. The third kappa shape index (κ3) is 2530000. The second kappa shape index (κ2) is 8.89. The minimum Gasteiger partial charge on any atom is -0.870 e.